The zero-order valence-electron chi connectivity index (χ0n) is 8.05. The third-order valence-corrected chi connectivity index (χ3v) is 3.13. The summed E-state index contributed by atoms with van der Waals surface area (Å²) in [6, 6.07) is 2.67. The van der Waals surface area contributed by atoms with Crippen LogP contribution in [-0.2, 0) is 10.0 Å². The van der Waals surface area contributed by atoms with Crippen molar-refractivity contribution in [2.45, 2.75) is 17.4 Å². The summed E-state index contributed by atoms with van der Waals surface area (Å²) in [5.74, 6) is 0. The fourth-order valence-corrected chi connectivity index (χ4v) is 1.89. The van der Waals surface area contributed by atoms with Gasteiger partial charge in [0.2, 0.25) is 10.0 Å². The molecule has 1 unspecified atom stereocenters. The fraction of sp³-hybridized carbons (Fsp3) is 0.375. The number of nitrogens with one attached hydrogen (secondary N) is 1. The second kappa shape index (κ2) is 5.28. The molecule has 0 aliphatic heterocycles. The summed E-state index contributed by atoms with van der Waals surface area (Å²) >= 11 is 0. The Bertz CT molecular complexity index is 424. The molecule has 8 heteroatoms. The van der Waals surface area contributed by atoms with Crippen molar-refractivity contribution in [3.63, 3.8) is 0 Å². The van der Waals surface area contributed by atoms with Gasteiger partial charge in [-0.25, -0.2) is 21.9 Å². The van der Waals surface area contributed by atoms with Crippen molar-refractivity contribution in [3.8, 4) is 0 Å². The van der Waals surface area contributed by atoms with E-state index in [-0.39, 0.29) is 4.90 Å². The lowest BCUT2D eigenvalue weighted by Gasteiger charge is -2.10. The molecule has 0 aliphatic carbocycles. The number of pyridine rings is 1. The van der Waals surface area contributed by atoms with E-state index < -0.39 is 29.1 Å². The maximum atomic E-state index is 11.9. The average molecular weight is 252 g/mol. The van der Waals surface area contributed by atoms with Gasteiger partial charge in [-0.3, -0.25) is 4.98 Å². The molecule has 16 heavy (non-hydrogen) atoms. The normalized spacial score (nSPS) is 14.0. The minimum Gasteiger partial charge on any atom is -0.386 e. The van der Waals surface area contributed by atoms with Crippen LogP contribution in [0.1, 0.15) is 0 Å². The van der Waals surface area contributed by atoms with Gasteiger partial charge in [-0.15, -0.1) is 0 Å². The maximum absolute atomic E-state index is 11.9. The number of nitrogens with zero attached hydrogens (tertiary/aromatic N) is 1. The number of sulfonamides is 1. The molecule has 0 aliphatic rings. The monoisotopic (exact) mass is 252 g/mol. The molecule has 1 aromatic rings. The SMILES string of the molecule is O=S(=O)(NCC(O)C(F)F)c1cccnc1. The Kier molecular flexibility index (Phi) is 4.27. The van der Waals surface area contributed by atoms with Crippen LogP contribution in [0.2, 0.25) is 0 Å². The molecule has 0 saturated carbocycles. The van der Waals surface area contributed by atoms with E-state index >= 15 is 0 Å². The number of aliphatic hydroxyl groups excluding tert-OH is 1. The van der Waals surface area contributed by atoms with Gasteiger partial charge in [0.05, 0.1) is 0 Å². The van der Waals surface area contributed by atoms with E-state index in [4.69, 9.17) is 5.11 Å². The Morgan fingerprint density at radius 1 is 1.50 bits per heavy atom. The summed E-state index contributed by atoms with van der Waals surface area (Å²) in [6.45, 7) is -0.741. The van der Waals surface area contributed by atoms with Gasteiger partial charge in [-0.2, -0.15) is 0 Å². The molecule has 1 rings (SSSR count). The Morgan fingerprint density at radius 3 is 2.69 bits per heavy atom. The number of aliphatic hydroxyl groups is 1. The highest BCUT2D eigenvalue weighted by atomic mass is 32.2. The Hall–Kier alpha value is -1.12. The topological polar surface area (TPSA) is 79.3 Å². The van der Waals surface area contributed by atoms with Crippen molar-refractivity contribution in [1.82, 2.24) is 9.71 Å². The van der Waals surface area contributed by atoms with E-state index in [9.17, 15) is 17.2 Å². The van der Waals surface area contributed by atoms with Crippen LogP contribution in [-0.4, -0.2) is 37.6 Å². The summed E-state index contributed by atoms with van der Waals surface area (Å²) in [6.07, 6.45) is -2.55. The van der Waals surface area contributed by atoms with Crippen molar-refractivity contribution < 1.29 is 22.3 Å². The summed E-state index contributed by atoms with van der Waals surface area (Å²) in [7, 11) is -3.89. The van der Waals surface area contributed by atoms with Gasteiger partial charge in [0.1, 0.15) is 11.0 Å². The second-order valence-electron chi connectivity index (χ2n) is 2.94. The largest absolute Gasteiger partial charge is 0.386 e. The number of rotatable bonds is 5. The maximum Gasteiger partial charge on any atom is 0.265 e. The molecule has 1 heterocycles. The third-order valence-electron chi connectivity index (χ3n) is 1.72. The predicted octanol–water partition coefficient (Wildman–Crippen LogP) is -0.0141. The summed E-state index contributed by atoms with van der Waals surface area (Å²) < 4.78 is 48.6. The predicted molar refractivity (Wildman–Crippen MR) is 51.4 cm³/mol. The van der Waals surface area contributed by atoms with Crippen LogP contribution in [0.15, 0.2) is 29.4 Å². The lowest BCUT2D eigenvalue weighted by molar-refractivity contribution is -0.000452. The first kappa shape index (κ1) is 12.9. The van der Waals surface area contributed by atoms with Gasteiger partial charge in [-0.1, -0.05) is 0 Å². The first-order valence-corrected chi connectivity index (χ1v) is 5.77. The lowest BCUT2D eigenvalue weighted by Crippen LogP contribution is -2.35. The highest BCUT2D eigenvalue weighted by Crippen LogP contribution is 2.06. The standard InChI is InChI=1S/C8H10F2N2O3S/c9-8(10)7(13)5-12-16(14,15)6-2-1-3-11-4-6/h1-4,7-8,12-13H,5H2. The van der Waals surface area contributed by atoms with E-state index in [1.807, 2.05) is 4.72 Å². The third kappa shape index (κ3) is 3.47. The number of hydrogen-bond acceptors (Lipinski definition) is 4. The van der Waals surface area contributed by atoms with Crippen molar-refractivity contribution in [2.75, 3.05) is 6.54 Å². The Labute approximate surface area is 91.2 Å². The first-order chi connectivity index (χ1) is 7.43. The molecule has 0 fully saturated rings. The number of aromatic nitrogens is 1. The van der Waals surface area contributed by atoms with Crippen LogP contribution < -0.4 is 4.72 Å². The Morgan fingerprint density at radius 2 is 2.19 bits per heavy atom. The first-order valence-electron chi connectivity index (χ1n) is 4.29. The van der Waals surface area contributed by atoms with Crippen LogP contribution >= 0.6 is 0 Å². The van der Waals surface area contributed by atoms with Gasteiger partial charge in [0.25, 0.3) is 6.43 Å². The molecule has 0 aromatic carbocycles. The Balaban J connectivity index is 2.67. The van der Waals surface area contributed by atoms with Gasteiger partial charge in [-0.05, 0) is 12.1 Å². The highest BCUT2D eigenvalue weighted by Gasteiger charge is 2.21. The van der Waals surface area contributed by atoms with Crippen molar-refractivity contribution in [3.05, 3.63) is 24.5 Å². The fourth-order valence-electron chi connectivity index (χ4n) is 0.874. The number of hydrogen-bond donors (Lipinski definition) is 2. The summed E-state index contributed by atoms with van der Waals surface area (Å²) in [5, 5.41) is 8.74. The molecule has 1 atom stereocenters. The van der Waals surface area contributed by atoms with E-state index in [0.29, 0.717) is 0 Å². The summed E-state index contributed by atoms with van der Waals surface area (Å²) in [5.41, 5.74) is 0. The van der Waals surface area contributed by atoms with E-state index in [2.05, 4.69) is 4.98 Å². The smallest absolute Gasteiger partial charge is 0.265 e. The molecule has 0 spiro atoms. The van der Waals surface area contributed by atoms with Crippen molar-refractivity contribution in [2.24, 2.45) is 0 Å². The molecule has 0 bridgehead atoms. The average Bonchev–Trinajstić information content (AvgIpc) is 2.27. The minimum absolute atomic E-state index is 0.142. The molecule has 2 N–H and O–H groups in total. The van der Waals surface area contributed by atoms with Crippen LogP contribution in [0.4, 0.5) is 8.78 Å². The minimum atomic E-state index is -3.89. The van der Waals surface area contributed by atoms with Gasteiger partial charge in [0.15, 0.2) is 0 Å². The molecular formula is C8H10F2N2O3S. The van der Waals surface area contributed by atoms with Crippen LogP contribution in [0.5, 0.6) is 0 Å². The van der Waals surface area contributed by atoms with E-state index in [1.54, 1.807) is 0 Å². The van der Waals surface area contributed by atoms with E-state index in [0.717, 1.165) is 6.20 Å². The zero-order valence-corrected chi connectivity index (χ0v) is 8.86. The van der Waals surface area contributed by atoms with Crippen molar-refractivity contribution in [1.29, 1.82) is 0 Å². The van der Waals surface area contributed by atoms with Gasteiger partial charge in [0, 0.05) is 18.9 Å². The quantitative estimate of drug-likeness (QED) is 0.772. The highest BCUT2D eigenvalue weighted by molar-refractivity contribution is 7.89. The molecule has 0 radical (unpaired) electrons. The molecule has 0 amide bonds. The molecular weight excluding hydrogens is 242 g/mol. The van der Waals surface area contributed by atoms with Crippen LogP contribution in [0.25, 0.3) is 0 Å². The van der Waals surface area contributed by atoms with Gasteiger partial charge < -0.3 is 5.11 Å². The van der Waals surface area contributed by atoms with Gasteiger partial charge >= 0.3 is 0 Å². The van der Waals surface area contributed by atoms with Crippen LogP contribution in [0, 0.1) is 0 Å². The summed E-state index contributed by atoms with van der Waals surface area (Å²) in [4.78, 5) is 3.44. The second-order valence-corrected chi connectivity index (χ2v) is 4.71. The molecule has 1 aromatic heterocycles. The number of alkyl halides is 2. The molecule has 0 saturated heterocycles. The van der Waals surface area contributed by atoms with Crippen molar-refractivity contribution >= 4 is 10.0 Å². The molecule has 90 valence electrons. The van der Waals surface area contributed by atoms with E-state index in [1.165, 1.54) is 18.3 Å². The lowest BCUT2D eigenvalue weighted by atomic mass is 10.4. The molecule has 5 nitrogen and oxygen atoms in total. The van der Waals surface area contributed by atoms with Crippen LogP contribution in [0.3, 0.4) is 0 Å². The zero-order chi connectivity index (χ0) is 12.2. The number of halogens is 2.